The van der Waals surface area contributed by atoms with Crippen molar-refractivity contribution in [3.8, 4) is 5.69 Å². The fraction of sp³-hybridized carbons (Fsp3) is 0.133. The van der Waals surface area contributed by atoms with Crippen LogP contribution < -0.4 is 0 Å². The standard InChI is InChI=1S/C15H13N2.Pb/c1-11-8-9-14-12(2)17(16-15(14)10-11)13-6-4-3-5-7-13;/h3-10H,2H2,1H3;. The Morgan fingerprint density at radius 1 is 1.11 bits per heavy atom. The Kier molecular flexibility index (Phi) is 3.20. The summed E-state index contributed by atoms with van der Waals surface area (Å²) >= 11 is 1.15. The zero-order valence-corrected chi connectivity index (χ0v) is 14.1. The van der Waals surface area contributed by atoms with Crippen LogP contribution in [-0.4, -0.2) is 35.5 Å². The molecule has 2 nitrogen and oxygen atoms in total. The van der Waals surface area contributed by atoms with Crippen LogP contribution in [0.3, 0.4) is 0 Å². The molecule has 0 aliphatic rings. The van der Waals surface area contributed by atoms with Crippen molar-refractivity contribution in [3.05, 3.63) is 59.8 Å². The molecule has 1 heterocycles. The van der Waals surface area contributed by atoms with E-state index in [1.807, 2.05) is 6.07 Å². The number of rotatable bonds is 2. The van der Waals surface area contributed by atoms with E-state index in [0.29, 0.717) is 0 Å². The maximum absolute atomic E-state index is 4.75. The number of benzene rings is 2. The van der Waals surface area contributed by atoms with Gasteiger partial charge in [0.25, 0.3) is 0 Å². The Balaban J connectivity index is 2.29. The van der Waals surface area contributed by atoms with E-state index in [9.17, 15) is 0 Å². The van der Waals surface area contributed by atoms with Crippen LogP contribution in [-0.2, 0) is 3.98 Å². The molecule has 18 heavy (non-hydrogen) atoms. The minimum atomic E-state index is 1.10. The number of hydrogen-bond acceptors (Lipinski definition) is 1. The Bertz CT molecular complexity index is 686. The Labute approximate surface area is 122 Å². The molecule has 1 aromatic heterocycles. The van der Waals surface area contributed by atoms with E-state index in [2.05, 4.69) is 54.1 Å². The topological polar surface area (TPSA) is 17.8 Å². The van der Waals surface area contributed by atoms with Crippen LogP contribution >= 0.6 is 0 Å². The van der Waals surface area contributed by atoms with Gasteiger partial charge in [-0.1, -0.05) is 0 Å². The van der Waals surface area contributed by atoms with Crippen LogP contribution in [0.1, 0.15) is 11.3 Å². The van der Waals surface area contributed by atoms with Crippen LogP contribution in [0.4, 0.5) is 0 Å². The molecule has 0 bridgehead atoms. The molecule has 3 rings (SSSR count). The summed E-state index contributed by atoms with van der Waals surface area (Å²) in [4.78, 5) is 0. The SMILES string of the molecule is Cc1ccc2c([CH2][Pb])n(-c3ccccc3)nc2c1. The van der Waals surface area contributed by atoms with Crippen molar-refractivity contribution >= 4 is 36.7 Å². The average molecular weight is 428 g/mol. The average Bonchev–Trinajstić information content (AvgIpc) is 2.77. The molecule has 3 aromatic rings. The van der Waals surface area contributed by atoms with Crippen molar-refractivity contribution in [2.75, 3.05) is 0 Å². The van der Waals surface area contributed by atoms with Gasteiger partial charge in [0.2, 0.25) is 0 Å². The van der Waals surface area contributed by atoms with Crippen LogP contribution in [0, 0.1) is 6.92 Å². The molecule has 0 amide bonds. The molecular formula is C15H13N2Pb. The first-order valence-electron chi connectivity index (χ1n) is 5.98. The van der Waals surface area contributed by atoms with Crippen molar-refractivity contribution in [1.29, 1.82) is 0 Å². The van der Waals surface area contributed by atoms with Crippen molar-refractivity contribution < 1.29 is 0 Å². The molecule has 0 saturated heterocycles. The molecule has 0 fully saturated rings. The molecule has 3 heteroatoms. The molecule has 3 radical (unpaired) electrons. The van der Waals surface area contributed by atoms with Crippen LogP contribution in [0.15, 0.2) is 48.5 Å². The molecular weight excluding hydrogens is 415 g/mol. The number of nitrogens with zero attached hydrogens (tertiary/aromatic N) is 2. The van der Waals surface area contributed by atoms with Crippen LogP contribution in [0.2, 0.25) is 0 Å². The zero-order chi connectivity index (χ0) is 12.5. The van der Waals surface area contributed by atoms with Crippen LogP contribution in [0.5, 0.6) is 0 Å². The van der Waals surface area contributed by atoms with E-state index in [-0.39, 0.29) is 0 Å². The van der Waals surface area contributed by atoms with Gasteiger partial charge in [0.15, 0.2) is 0 Å². The third-order valence-corrected chi connectivity index (χ3v) is 4.40. The first-order valence-corrected chi connectivity index (χ1v) is 8.73. The molecule has 0 saturated carbocycles. The monoisotopic (exact) mass is 429 g/mol. The molecule has 0 N–H and O–H groups in total. The molecule has 87 valence electrons. The summed E-state index contributed by atoms with van der Waals surface area (Å²) < 4.78 is 3.21. The minimum absolute atomic E-state index is 1.10. The fourth-order valence-electron chi connectivity index (χ4n) is 2.20. The zero-order valence-electron chi connectivity index (χ0n) is 10.2. The number of para-hydroxylation sites is 1. The van der Waals surface area contributed by atoms with Gasteiger partial charge in [-0.2, -0.15) is 0 Å². The van der Waals surface area contributed by atoms with Gasteiger partial charge in [0, 0.05) is 0 Å². The molecule has 0 aliphatic heterocycles. The summed E-state index contributed by atoms with van der Waals surface area (Å²) in [6.07, 6.45) is 0. The third-order valence-electron chi connectivity index (χ3n) is 3.10. The van der Waals surface area contributed by atoms with Gasteiger partial charge in [-0.15, -0.1) is 0 Å². The van der Waals surface area contributed by atoms with E-state index in [1.54, 1.807) is 0 Å². The van der Waals surface area contributed by atoms with Crippen molar-refractivity contribution in [1.82, 2.24) is 9.78 Å². The van der Waals surface area contributed by atoms with Crippen LogP contribution in [0.25, 0.3) is 16.6 Å². The molecule has 2 aromatic carbocycles. The predicted octanol–water partition coefficient (Wildman–Crippen LogP) is 3.00. The molecule has 0 atom stereocenters. The van der Waals surface area contributed by atoms with E-state index in [4.69, 9.17) is 5.10 Å². The maximum atomic E-state index is 4.75. The van der Waals surface area contributed by atoms with E-state index in [1.165, 1.54) is 16.6 Å². The quantitative estimate of drug-likeness (QED) is 0.574. The van der Waals surface area contributed by atoms with E-state index in [0.717, 1.165) is 41.0 Å². The first kappa shape index (κ1) is 11.9. The Hall–Kier alpha value is -1.17. The molecule has 0 aliphatic carbocycles. The van der Waals surface area contributed by atoms with Gasteiger partial charge in [0.1, 0.15) is 0 Å². The first-order chi connectivity index (χ1) is 8.79. The summed E-state index contributed by atoms with van der Waals surface area (Å²) in [7, 11) is 0. The van der Waals surface area contributed by atoms with E-state index >= 15 is 0 Å². The number of fused-ring (bicyclic) bond motifs is 1. The van der Waals surface area contributed by atoms with Crippen molar-refractivity contribution in [3.63, 3.8) is 0 Å². The number of hydrogen-bond donors (Lipinski definition) is 0. The van der Waals surface area contributed by atoms with Crippen molar-refractivity contribution in [2.24, 2.45) is 0 Å². The normalized spacial score (nSPS) is 11.0. The summed E-state index contributed by atoms with van der Waals surface area (Å²) in [5.41, 5.74) is 4.85. The summed E-state index contributed by atoms with van der Waals surface area (Å²) in [5.74, 6) is 0. The predicted molar refractivity (Wildman–Crippen MR) is 75.3 cm³/mol. The number of aryl methyl sites for hydroxylation is 1. The van der Waals surface area contributed by atoms with Crippen molar-refractivity contribution in [2.45, 2.75) is 10.9 Å². The van der Waals surface area contributed by atoms with E-state index < -0.39 is 0 Å². The van der Waals surface area contributed by atoms with Gasteiger partial charge >= 0.3 is 123 Å². The molecule has 0 spiro atoms. The summed E-state index contributed by atoms with van der Waals surface area (Å²) in [6, 6.07) is 16.9. The third kappa shape index (κ3) is 1.98. The van der Waals surface area contributed by atoms with Gasteiger partial charge in [-0.3, -0.25) is 0 Å². The van der Waals surface area contributed by atoms with Gasteiger partial charge in [-0.05, 0) is 0 Å². The van der Waals surface area contributed by atoms with Gasteiger partial charge < -0.3 is 0 Å². The summed E-state index contributed by atoms with van der Waals surface area (Å²) in [5, 5.41) is 6.04. The molecule has 0 unspecified atom stereocenters. The van der Waals surface area contributed by atoms with Gasteiger partial charge in [0.05, 0.1) is 0 Å². The fourth-order valence-corrected chi connectivity index (χ4v) is 3.53. The Morgan fingerprint density at radius 2 is 1.89 bits per heavy atom. The summed E-state index contributed by atoms with van der Waals surface area (Å²) in [6.45, 7) is 2.11. The second-order valence-corrected chi connectivity index (χ2v) is 5.77. The second-order valence-electron chi connectivity index (χ2n) is 4.39. The number of aromatic nitrogens is 2. The van der Waals surface area contributed by atoms with Gasteiger partial charge in [-0.25, -0.2) is 0 Å². The second kappa shape index (κ2) is 4.84. The Morgan fingerprint density at radius 3 is 2.61 bits per heavy atom.